The predicted octanol–water partition coefficient (Wildman–Crippen LogP) is 3.38. The molecule has 0 radical (unpaired) electrons. The molecule has 2 aromatic carbocycles. The first-order valence-corrected chi connectivity index (χ1v) is 11.6. The molecule has 26 heavy (non-hydrogen) atoms. The second-order valence-corrected chi connectivity index (χ2v) is 10.3. The van der Waals surface area contributed by atoms with E-state index in [1.807, 2.05) is 0 Å². The smallest absolute Gasteiger partial charge is 0.262 e. The molecule has 0 atom stereocenters. The summed E-state index contributed by atoms with van der Waals surface area (Å²) in [7, 11) is -7.13. The highest BCUT2D eigenvalue weighted by Gasteiger charge is 2.27. The van der Waals surface area contributed by atoms with Crippen LogP contribution in [-0.2, 0) is 20.0 Å². The van der Waals surface area contributed by atoms with E-state index in [4.69, 9.17) is 11.6 Å². The minimum atomic E-state index is -3.79. The maximum atomic E-state index is 12.6. The molecular weight excluding hydrogens is 396 g/mol. The van der Waals surface area contributed by atoms with Gasteiger partial charge in [-0.2, -0.15) is 0 Å². The molecule has 1 fully saturated rings. The lowest BCUT2D eigenvalue weighted by atomic mass is 10.2. The Kier molecular flexibility index (Phi) is 5.18. The normalized spacial score (nSPS) is 17.1. The molecule has 9 heteroatoms. The number of hydrogen-bond acceptors (Lipinski definition) is 4. The molecule has 2 aromatic rings. The van der Waals surface area contributed by atoms with Gasteiger partial charge in [0.05, 0.1) is 16.3 Å². The van der Waals surface area contributed by atoms with Gasteiger partial charge in [-0.3, -0.25) is 9.03 Å². The first-order valence-electron chi connectivity index (χ1n) is 8.08. The Bertz CT molecular complexity index is 1020. The molecule has 0 spiro atoms. The topological polar surface area (TPSA) is 83.6 Å². The number of anilines is 2. The third-order valence-electron chi connectivity index (χ3n) is 4.18. The SMILES string of the molecule is Cc1cc(N2CCCCS2(=O)=O)ccc1S(=O)(=O)Nc1ccc(Cl)cc1. The molecule has 0 aliphatic carbocycles. The average Bonchev–Trinajstić information content (AvgIpc) is 2.56. The van der Waals surface area contributed by atoms with Crippen LogP contribution in [0.5, 0.6) is 0 Å². The zero-order chi connectivity index (χ0) is 18.9. The van der Waals surface area contributed by atoms with Crippen LogP contribution in [0.4, 0.5) is 11.4 Å². The van der Waals surface area contributed by atoms with Crippen molar-refractivity contribution in [2.24, 2.45) is 0 Å². The van der Waals surface area contributed by atoms with Crippen LogP contribution in [-0.4, -0.2) is 29.1 Å². The standard InChI is InChI=1S/C17H19ClN2O4S2/c1-13-12-16(20-10-2-3-11-25(20,21)22)8-9-17(13)26(23,24)19-15-6-4-14(18)5-7-15/h4-9,12,19H,2-3,10-11H2,1H3. The molecule has 1 aliphatic rings. The number of nitrogens with one attached hydrogen (secondary N) is 1. The summed E-state index contributed by atoms with van der Waals surface area (Å²) in [6.45, 7) is 2.06. The molecule has 0 unspecified atom stereocenters. The number of rotatable bonds is 4. The van der Waals surface area contributed by atoms with Gasteiger partial charge in [0.15, 0.2) is 0 Å². The van der Waals surface area contributed by atoms with Gasteiger partial charge in [-0.25, -0.2) is 16.8 Å². The van der Waals surface area contributed by atoms with E-state index in [9.17, 15) is 16.8 Å². The molecule has 3 rings (SSSR count). The number of sulfonamides is 2. The number of aryl methyl sites for hydroxylation is 1. The molecule has 0 saturated carbocycles. The van der Waals surface area contributed by atoms with Crippen molar-refractivity contribution in [3.63, 3.8) is 0 Å². The first-order chi connectivity index (χ1) is 12.2. The number of halogens is 1. The Morgan fingerprint density at radius 2 is 1.77 bits per heavy atom. The molecule has 1 N–H and O–H groups in total. The van der Waals surface area contributed by atoms with E-state index in [0.717, 1.165) is 6.42 Å². The number of nitrogens with zero attached hydrogens (tertiary/aromatic N) is 1. The van der Waals surface area contributed by atoms with Crippen molar-refractivity contribution in [3.8, 4) is 0 Å². The fourth-order valence-electron chi connectivity index (χ4n) is 2.90. The van der Waals surface area contributed by atoms with Crippen molar-refractivity contribution in [2.45, 2.75) is 24.7 Å². The van der Waals surface area contributed by atoms with E-state index in [-0.39, 0.29) is 10.6 Å². The quantitative estimate of drug-likeness (QED) is 0.831. The van der Waals surface area contributed by atoms with Crippen LogP contribution in [0, 0.1) is 6.92 Å². The van der Waals surface area contributed by atoms with Crippen LogP contribution in [0.1, 0.15) is 18.4 Å². The highest BCUT2D eigenvalue weighted by Crippen LogP contribution is 2.28. The van der Waals surface area contributed by atoms with Gasteiger partial charge in [0.2, 0.25) is 10.0 Å². The van der Waals surface area contributed by atoms with Gasteiger partial charge in [-0.1, -0.05) is 11.6 Å². The highest BCUT2D eigenvalue weighted by atomic mass is 35.5. The van der Waals surface area contributed by atoms with E-state index in [1.54, 1.807) is 37.3 Å². The van der Waals surface area contributed by atoms with Crippen molar-refractivity contribution < 1.29 is 16.8 Å². The van der Waals surface area contributed by atoms with Crippen LogP contribution >= 0.6 is 11.6 Å². The molecule has 1 aliphatic heterocycles. The summed E-state index contributed by atoms with van der Waals surface area (Å²) in [5.41, 5.74) is 1.37. The average molecular weight is 415 g/mol. The molecule has 1 saturated heterocycles. The van der Waals surface area contributed by atoms with Gasteiger partial charge in [0, 0.05) is 17.3 Å². The molecule has 6 nitrogen and oxygen atoms in total. The molecule has 0 bridgehead atoms. The third kappa shape index (κ3) is 3.97. The van der Waals surface area contributed by atoms with Crippen LogP contribution in [0.25, 0.3) is 0 Å². The van der Waals surface area contributed by atoms with E-state index < -0.39 is 20.0 Å². The van der Waals surface area contributed by atoms with Crippen LogP contribution in [0.2, 0.25) is 5.02 Å². The van der Waals surface area contributed by atoms with Gasteiger partial charge in [0.25, 0.3) is 10.0 Å². The summed E-state index contributed by atoms with van der Waals surface area (Å²) in [6, 6.07) is 10.9. The van der Waals surface area contributed by atoms with Crippen molar-refractivity contribution in [1.29, 1.82) is 0 Å². The summed E-state index contributed by atoms with van der Waals surface area (Å²) in [5, 5.41) is 0.510. The number of benzene rings is 2. The number of hydrogen-bond donors (Lipinski definition) is 1. The summed E-state index contributed by atoms with van der Waals surface area (Å²) in [4.78, 5) is 0.102. The molecule has 1 heterocycles. The second-order valence-electron chi connectivity index (χ2n) is 6.16. The van der Waals surface area contributed by atoms with E-state index in [0.29, 0.717) is 34.9 Å². The maximum absolute atomic E-state index is 12.6. The highest BCUT2D eigenvalue weighted by molar-refractivity contribution is 7.93. The van der Waals surface area contributed by atoms with Crippen LogP contribution in [0.15, 0.2) is 47.4 Å². The fourth-order valence-corrected chi connectivity index (χ4v) is 5.94. The van der Waals surface area contributed by atoms with E-state index in [2.05, 4.69) is 4.72 Å². The summed E-state index contributed by atoms with van der Waals surface area (Å²) in [6.07, 6.45) is 1.44. The first kappa shape index (κ1) is 19.0. The minimum absolute atomic E-state index is 0.102. The summed E-state index contributed by atoms with van der Waals surface area (Å²) in [5.74, 6) is 0.115. The second kappa shape index (κ2) is 7.09. The van der Waals surface area contributed by atoms with Gasteiger partial charge in [0.1, 0.15) is 0 Å². The van der Waals surface area contributed by atoms with Crippen LogP contribution in [0.3, 0.4) is 0 Å². The molecule has 0 amide bonds. The molecule has 0 aromatic heterocycles. The Morgan fingerprint density at radius 1 is 1.08 bits per heavy atom. The van der Waals surface area contributed by atoms with E-state index >= 15 is 0 Å². The third-order valence-corrected chi connectivity index (χ3v) is 7.84. The van der Waals surface area contributed by atoms with Gasteiger partial charge in [-0.05, 0) is 67.8 Å². The fraction of sp³-hybridized carbons (Fsp3) is 0.294. The lowest BCUT2D eigenvalue weighted by Crippen LogP contribution is -2.37. The summed E-state index contributed by atoms with van der Waals surface area (Å²) >= 11 is 5.81. The van der Waals surface area contributed by atoms with Gasteiger partial charge in [-0.15, -0.1) is 0 Å². The van der Waals surface area contributed by atoms with E-state index in [1.165, 1.54) is 16.4 Å². The summed E-state index contributed by atoms with van der Waals surface area (Å²) < 4.78 is 53.6. The Labute approximate surface area is 158 Å². The minimum Gasteiger partial charge on any atom is -0.280 e. The lowest BCUT2D eigenvalue weighted by Gasteiger charge is -2.28. The maximum Gasteiger partial charge on any atom is 0.262 e. The van der Waals surface area contributed by atoms with Crippen LogP contribution < -0.4 is 9.03 Å². The van der Waals surface area contributed by atoms with Crippen molar-refractivity contribution >= 4 is 43.0 Å². The lowest BCUT2D eigenvalue weighted by molar-refractivity contribution is 0.574. The molecule has 140 valence electrons. The Morgan fingerprint density at radius 3 is 2.38 bits per heavy atom. The van der Waals surface area contributed by atoms with Crippen molar-refractivity contribution in [3.05, 3.63) is 53.1 Å². The molecular formula is C17H19ClN2O4S2. The largest absolute Gasteiger partial charge is 0.280 e. The van der Waals surface area contributed by atoms with Crippen molar-refractivity contribution in [1.82, 2.24) is 0 Å². The van der Waals surface area contributed by atoms with Crippen molar-refractivity contribution in [2.75, 3.05) is 21.3 Å². The monoisotopic (exact) mass is 414 g/mol. The zero-order valence-electron chi connectivity index (χ0n) is 14.1. The zero-order valence-corrected chi connectivity index (χ0v) is 16.5. The Balaban J connectivity index is 1.90. The predicted molar refractivity (Wildman–Crippen MR) is 104 cm³/mol. The Hall–Kier alpha value is -1.77. The van der Waals surface area contributed by atoms with Gasteiger partial charge < -0.3 is 0 Å². The van der Waals surface area contributed by atoms with Gasteiger partial charge >= 0.3 is 0 Å².